The van der Waals surface area contributed by atoms with Crippen LogP contribution in [0.5, 0.6) is 0 Å². The largest absolute Gasteiger partial charge is 0.444 e. The molecule has 2 aliphatic carbocycles. The fraction of sp³-hybridized carbons (Fsp3) is 0.944. The molecule has 128 valence electrons. The van der Waals surface area contributed by atoms with Crippen LogP contribution in [-0.4, -0.2) is 24.3 Å². The molecule has 0 radical (unpaired) electrons. The van der Waals surface area contributed by atoms with Gasteiger partial charge >= 0.3 is 6.09 Å². The Kier molecular flexibility index (Phi) is 5.76. The lowest BCUT2D eigenvalue weighted by molar-refractivity contribution is 0.0425. The molecule has 0 heterocycles. The molecule has 2 aliphatic rings. The Balaban J connectivity index is 1.81. The van der Waals surface area contributed by atoms with Crippen molar-refractivity contribution >= 4 is 6.09 Å². The van der Waals surface area contributed by atoms with Gasteiger partial charge in [0.2, 0.25) is 0 Å². The summed E-state index contributed by atoms with van der Waals surface area (Å²) >= 11 is 0. The molecule has 22 heavy (non-hydrogen) atoms. The van der Waals surface area contributed by atoms with Crippen molar-refractivity contribution in [1.82, 2.24) is 5.32 Å². The molecule has 2 rings (SSSR count). The predicted octanol–water partition coefficient (Wildman–Crippen LogP) is 3.98. The number of alkyl carbamates (subject to hydrolysis) is 1. The number of nitrogens with two attached hydrogens (primary N) is 1. The van der Waals surface area contributed by atoms with Crippen molar-refractivity contribution < 1.29 is 9.53 Å². The molecule has 0 atom stereocenters. The summed E-state index contributed by atoms with van der Waals surface area (Å²) in [6.07, 6.45) is 10.9. The minimum atomic E-state index is -0.424. The van der Waals surface area contributed by atoms with Crippen molar-refractivity contribution in [3.8, 4) is 0 Å². The van der Waals surface area contributed by atoms with E-state index in [0.717, 1.165) is 25.3 Å². The van der Waals surface area contributed by atoms with E-state index in [-0.39, 0.29) is 12.1 Å². The maximum Gasteiger partial charge on any atom is 0.407 e. The number of nitrogens with one attached hydrogen (secondary N) is 1. The van der Waals surface area contributed by atoms with Crippen LogP contribution < -0.4 is 11.1 Å². The van der Waals surface area contributed by atoms with Gasteiger partial charge < -0.3 is 15.8 Å². The lowest BCUT2D eigenvalue weighted by atomic mass is 9.61. The van der Waals surface area contributed by atoms with Gasteiger partial charge in [-0.1, -0.05) is 19.3 Å². The van der Waals surface area contributed by atoms with Gasteiger partial charge in [-0.15, -0.1) is 0 Å². The van der Waals surface area contributed by atoms with E-state index in [9.17, 15) is 4.79 Å². The van der Waals surface area contributed by atoms with E-state index >= 15 is 0 Å². The minimum absolute atomic E-state index is 0.268. The molecule has 4 nitrogen and oxygen atoms in total. The second-order valence-electron chi connectivity index (χ2n) is 8.32. The first kappa shape index (κ1) is 17.6. The second kappa shape index (κ2) is 7.20. The SMILES string of the molecule is CC(C)(C)OC(=O)NC1CCC(C2(CN)CCCCC2)CC1. The quantitative estimate of drug-likeness (QED) is 0.828. The van der Waals surface area contributed by atoms with E-state index in [1.54, 1.807) is 0 Å². The lowest BCUT2D eigenvalue weighted by Gasteiger charge is -2.46. The molecule has 0 unspecified atom stereocenters. The van der Waals surface area contributed by atoms with Crippen LogP contribution in [0.15, 0.2) is 0 Å². The Morgan fingerprint density at radius 2 is 1.73 bits per heavy atom. The van der Waals surface area contributed by atoms with Gasteiger partial charge in [-0.3, -0.25) is 0 Å². The first-order chi connectivity index (χ1) is 10.3. The summed E-state index contributed by atoms with van der Waals surface area (Å²) in [5.74, 6) is 0.745. The zero-order valence-corrected chi connectivity index (χ0v) is 14.6. The van der Waals surface area contributed by atoms with Crippen molar-refractivity contribution in [1.29, 1.82) is 0 Å². The first-order valence-corrected chi connectivity index (χ1v) is 9.04. The number of carbonyl (C=O) groups excluding carboxylic acids is 1. The van der Waals surface area contributed by atoms with Gasteiger partial charge in [0.05, 0.1) is 0 Å². The van der Waals surface area contributed by atoms with E-state index in [4.69, 9.17) is 10.5 Å². The predicted molar refractivity (Wildman–Crippen MR) is 89.7 cm³/mol. The summed E-state index contributed by atoms with van der Waals surface area (Å²) in [5.41, 5.74) is 6.12. The van der Waals surface area contributed by atoms with Crippen LogP contribution in [0.3, 0.4) is 0 Å². The lowest BCUT2D eigenvalue weighted by Crippen LogP contribution is -2.45. The molecule has 4 heteroatoms. The first-order valence-electron chi connectivity index (χ1n) is 9.04. The third-order valence-corrected chi connectivity index (χ3v) is 5.57. The van der Waals surface area contributed by atoms with Crippen LogP contribution in [0.2, 0.25) is 0 Å². The Morgan fingerprint density at radius 3 is 2.23 bits per heavy atom. The Hall–Kier alpha value is -0.770. The van der Waals surface area contributed by atoms with Crippen molar-refractivity contribution in [3.05, 3.63) is 0 Å². The van der Waals surface area contributed by atoms with E-state index in [0.29, 0.717) is 5.41 Å². The number of ether oxygens (including phenoxy) is 1. The Labute approximate surface area is 135 Å². The van der Waals surface area contributed by atoms with Crippen molar-refractivity contribution in [2.75, 3.05) is 6.54 Å². The van der Waals surface area contributed by atoms with Crippen LogP contribution in [0.1, 0.15) is 78.6 Å². The van der Waals surface area contributed by atoms with Crippen molar-refractivity contribution in [2.45, 2.75) is 90.2 Å². The van der Waals surface area contributed by atoms with Gasteiger partial charge in [0.25, 0.3) is 0 Å². The fourth-order valence-electron chi connectivity index (χ4n) is 4.36. The smallest absolute Gasteiger partial charge is 0.407 e. The summed E-state index contributed by atoms with van der Waals surface area (Å²) in [7, 11) is 0. The summed E-state index contributed by atoms with van der Waals surface area (Å²) in [6, 6.07) is 0.268. The zero-order chi connectivity index (χ0) is 16.2. The van der Waals surface area contributed by atoms with E-state index < -0.39 is 5.60 Å². The third kappa shape index (κ3) is 4.61. The van der Waals surface area contributed by atoms with Crippen molar-refractivity contribution in [3.63, 3.8) is 0 Å². The number of hydrogen-bond acceptors (Lipinski definition) is 3. The Morgan fingerprint density at radius 1 is 1.14 bits per heavy atom. The molecule has 0 aromatic carbocycles. The molecule has 0 saturated heterocycles. The molecule has 0 bridgehead atoms. The van der Waals surface area contributed by atoms with Crippen LogP contribution >= 0.6 is 0 Å². The van der Waals surface area contributed by atoms with Gasteiger partial charge in [-0.25, -0.2) is 4.79 Å². The molecule has 1 amide bonds. The molecule has 0 aromatic rings. The van der Waals surface area contributed by atoms with E-state index in [1.165, 1.54) is 44.9 Å². The highest BCUT2D eigenvalue weighted by Gasteiger charge is 2.40. The molecule has 3 N–H and O–H groups in total. The zero-order valence-electron chi connectivity index (χ0n) is 14.6. The van der Waals surface area contributed by atoms with E-state index in [2.05, 4.69) is 5.32 Å². The van der Waals surface area contributed by atoms with Gasteiger partial charge in [-0.05, 0) is 77.2 Å². The number of rotatable bonds is 3. The minimum Gasteiger partial charge on any atom is -0.444 e. The van der Waals surface area contributed by atoms with Crippen molar-refractivity contribution in [2.24, 2.45) is 17.1 Å². The maximum atomic E-state index is 11.9. The molecular formula is C18H34N2O2. The average molecular weight is 310 g/mol. The third-order valence-electron chi connectivity index (χ3n) is 5.57. The van der Waals surface area contributed by atoms with Crippen LogP contribution in [-0.2, 0) is 4.74 Å². The molecule has 0 aliphatic heterocycles. The highest BCUT2D eigenvalue weighted by Crippen LogP contribution is 2.47. The fourth-order valence-corrected chi connectivity index (χ4v) is 4.36. The number of hydrogen-bond donors (Lipinski definition) is 2. The molecule has 0 aromatic heterocycles. The molecule has 2 saturated carbocycles. The van der Waals surface area contributed by atoms with Crippen LogP contribution in [0.25, 0.3) is 0 Å². The molecular weight excluding hydrogens is 276 g/mol. The molecule has 2 fully saturated rings. The summed E-state index contributed by atoms with van der Waals surface area (Å²) < 4.78 is 5.35. The average Bonchev–Trinajstić information content (AvgIpc) is 2.46. The van der Waals surface area contributed by atoms with Gasteiger partial charge in [-0.2, -0.15) is 0 Å². The van der Waals surface area contributed by atoms with Gasteiger partial charge in [0, 0.05) is 6.04 Å². The Bertz CT molecular complexity index is 362. The number of carbonyl (C=O) groups is 1. The molecule has 0 spiro atoms. The summed E-state index contributed by atoms with van der Waals surface area (Å²) in [6.45, 7) is 6.54. The summed E-state index contributed by atoms with van der Waals surface area (Å²) in [4.78, 5) is 11.9. The standard InChI is InChI=1S/C18H34N2O2/c1-17(2,3)22-16(21)20-15-9-7-14(8-10-15)18(13-19)11-5-4-6-12-18/h14-15H,4-13,19H2,1-3H3,(H,20,21). The summed E-state index contributed by atoms with van der Waals surface area (Å²) in [5, 5.41) is 3.04. The second-order valence-corrected chi connectivity index (χ2v) is 8.32. The van der Waals surface area contributed by atoms with Crippen LogP contribution in [0, 0.1) is 11.3 Å². The highest BCUT2D eigenvalue weighted by atomic mass is 16.6. The van der Waals surface area contributed by atoms with Gasteiger partial charge in [0.15, 0.2) is 0 Å². The highest BCUT2D eigenvalue weighted by molar-refractivity contribution is 5.68. The van der Waals surface area contributed by atoms with E-state index in [1.807, 2.05) is 20.8 Å². The monoisotopic (exact) mass is 310 g/mol. The van der Waals surface area contributed by atoms with Crippen LogP contribution in [0.4, 0.5) is 4.79 Å². The normalized spacial score (nSPS) is 28.9. The number of amides is 1. The van der Waals surface area contributed by atoms with Gasteiger partial charge in [0.1, 0.15) is 5.60 Å². The topological polar surface area (TPSA) is 64.3 Å². The maximum absolute atomic E-state index is 11.9.